The molecular weight excluding hydrogens is 364 g/mol. The van der Waals surface area contributed by atoms with E-state index in [0.29, 0.717) is 24.4 Å². The molecule has 0 aliphatic rings. The maximum Gasteiger partial charge on any atom is 0.250 e. The summed E-state index contributed by atoms with van der Waals surface area (Å²) in [5.41, 5.74) is 2.07. The van der Waals surface area contributed by atoms with Crippen molar-refractivity contribution >= 4 is 24.6 Å². The number of rotatable bonds is 8. The van der Waals surface area contributed by atoms with Crippen molar-refractivity contribution in [2.24, 2.45) is 0 Å². The van der Waals surface area contributed by atoms with Crippen molar-refractivity contribution < 1.29 is 9.26 Å². The van der Waals surface area contributed by atoms with Crippen LogP contribution >= 0.6 is 12.4 Å². The highest BCUT2D eigenvalue weighted by molar-refractivity contribution is 5.85. The lowest BCUT2D eigenvalue weighted by molar-refractivity contribution is 0.306. The summed E-state index contributed by atoms with van der Waals surface area (Å²) in [6.07, 6.45) is 8.03. The van der Waals surface area contributed by atoms with Crippen LogP contribution in [-0.2, 0) is 13.0 Å². The van der Waals surface area contributed by atoms with E-state index >= 15 is 0 Å². The summed E-state index contributed by atoms with van der Waals surface area (Å²) < 4.78 is 11.0. The molecule has 1 atom stereocenters. The fraction of sp³-hybridized carbons (Fsp3) is 0.250. The fourth-order valence-corrected chi connectivity index (χ4v) is 2.29. The lowest BCUT2D eigenvalue weighted by Crippen LogP contribution is -2.24. The largest absolute Gasteiger partial charge is 0.489 e. The number of benzene rings is 1. The van der Waals surface area contributed by atoms with Gasteiger partial charge in [0.1, 0.15) is 12.4 Å². The molecule has 2 aromatic heterocycles. The van der Waals surface area contributed by atoms with E-state index in [4.69, 9.17) is 9.26 Å². The second kappa shape index (κ2) is 10.4. The van der Waals surface area contributed by atoms with Gasteiger partial charge < -0.3 is 14.6 Å². The molecular formula is C20H23ClN4O2. The van der Waals surface area contributed by atoms with Crippen LogP contribution in [0.4, 0.5) is 0 Å². The van der Waals surface area contributed by atoms with Crippen molar-refractivity contribution in [3.8, 4) is 5.75 Å². The molecule has 0 saturated carbocycles. The minimum absolute atomic E-state index is 0. The van der Waals surface area contributed by atoms with Gasteiger partial charge in [-0.25, -0.2) is 0 Å². The Kier molecular flexibility index (Phi) is 7.98. The first-order valence-electron chi connectivity index (χ1n) is 8.52. The Bertz CT molecular complexity index is 835. The molecule has 27 heavy (non-hydrogen) atoms. The summed E-state index contributed by atoms with van der Waals surface area (Å²) >= 11 is 0. The molecule has 1 N–H and O–H groups in total. The maximum absolute atomic E-state index is 5.75. The van der Waals surface area contributed by atoms with E-state index in [1.807, 2.05) is 55.6 Å². The molecule has 0 aliphatic heterocycles. The molecule has 0 radical (unpaired) electrons. The molecule has 0 fully saturated rings. The molecule has 3 rings (SSSR count). The second-order valence-corrected chi connectivity index (χ2v) is 6.00. The first-order chi connectivity index (χ1) is 12.7. The van der Waals surface area contributed by atoms with Crippen LogP contribution in [-0.4, -0.2) is 28.2 Å². The number of likely N-dealkylation sites (N-methyl/N-ethyl adjacent to an activating group) is 1. The van der Waals surface area contributed by atoms with Gasteiger partial charge in [0.15, 0.2) is 5.82 Å². The molecule has 1 aromatic carbocycles. The summed E-state index contributed by atoms with van der Waals surface area (Å²) in [5, 5.41) is 7.13. The third-order valence-electron chi connectivity index (χ3n) is 3.89. The molecule has 6 nitrogen and oxygen atoms in total. The Balaban J connectivity index is 0.00000261. The van der Waals surface area contributed by atoms with Gasteiger partial charge in [-0.3, -0.25) is 4.98 Å². The van der Waals surface area contributed by atoms with E-state index in [2.05, 4.69) is 27.4 Å². The highest BCUT2D eigenvalue weighted by Crippen LogP contribution is 2.16. The van der Waals surface area contributed by atoms with E-state index in [1.165, 1.54) is 0 Å². The number of halogens is 1. The van der Waals surface area contributed by atoms with Gasteiger partial charge >= 0.3 is 0 Å². The van der Waals surface area contributed by atoms with Gasteiger partial charge in [0.05, 0.1) is 0 Å². The number of hydrogen-bond donors (Lipinski definition) is 1. The highest BCUT2D eigenvalue weighted by atomic mass is 35.5. The monoisotopic (exact) mass is 386 g/mol. The van der Waals surface area contributed by atoms with Crippen molar-refractivity contribution in [1.82, 2.24) is 20.4 Å². The second-order valence-electron chi connectivity index (χ2n) is 6.00. The Morgan fingerprint density at radius 3 is 2.70 bits per heavy atom. The molecule has 0 spiro atoms. The molecule has 7 heteroatoms. The zero-order valence-corrected chi connectivity index (χ0v) is 16.1. The third kappa shape index (κ3) is 6.51. The van der Waals surface area contributed by atoms with Gasteiger partial charge in [0.2, 0.25) is 0 Å². The Morgan fingerprint density at radius 1 is 1.19 bits per heavy atom. The van der Waals surface area contributed by atoms with Crippen LogP contribution in [0.1, 0.15) is 29.8 Å². The molecule has 0 saturated heterocycles. The quantitative estimate of drug-likeness (QED) is 0.635. The van der Waals surface area contributed by atoms with E-state index < -0.39 is 0 Å². The molecule has 3 aromatic rings. The minimum atomic E-state index is 0. The van der Waals surface area contributed by atoms with Crippen molar-refractivity contribution in [3.63, 3.8) is 0 Å². The minimum Gasteiger partial charge on any atom is -0.489 e. The van der Waals surface area contributed by atoms with E-state index in [9.17, 15) is 0 Å². The van der Waals surface area contributed by atoms with Gasteiger partial charge in [-0.05, 0) is 43.8 Å². The Morgan fingerprint density at radius 2 is 2.00 bits per heavy atom. The van der Waals surface area contributed by atoms with Gasteiger partial charge in [-0.15, -0.1) is 12.4 Å². The SMILES string of the molecule is CNC(C)Cc1noc(/C=C/c2ccc(OCc3cccnc3)cc2)n1.Cl. The zero-order chi connectivity index (χ0) is 18.2. The van der Waals surface area contributed by atoms with Crippen LogP contribution in [0.2, 0.25) is 0 Å². The van der Waals surface area contributed by atoms with Crippen LogP contribution in [0.15, 0.2) is 53.3 Å². The number of pyridine rings is 1. The summed E-state index contributed by atoms with van der Waals surface area (Å²) in [6.45, 7) is 2.57. The first kappa shape index (κ1) is 20.6. The third-order valence-corrected chi connectivity index (χ3v) is 3.89. The Labute approximate surface area is 165 Å². The van der Waals surface area contributed by atoms with Gasteiger partial charge in [0, 0.05) is 36.5 Å². The van der Waals surface area contributed by atoms with E-state index in [0.717, 1.165) is 23.3 Å². The lowest BCUT2D eigenvalue weighted by Gasteiger charge is -2.05. The number of ether oxygens (including phenoxy) is 1. The standard InChI is InChI=1S/C20H22N4O2.ClH/c1-15(21-2)12-19-23-20(26-24-19)10-7-16-5-8-18(9-6-16)25-14-17-4-3-11-22-13-17;/h3-11,13,15,21H,12,14H2,1-2H3;1H/b10-7+;. The topological polar surface area (TPSA) is 73.1 Å². The predicted molar refractivity (Wildman–Crippen MR) is 108 cm³/mol. The van der Waals surface area contributed by atoms with Gasteiger partial charge in [0.25, 0.3) is 5.89 Å². The number of aromatic nitrogens is 3. The molecule has 0 amide bonds. The highest BCUT2D eigenvalue weighted by Gasteiger charge is 2.07. The van der Waals surface area contributed by atoms with Crippen molar-refractivity contribution in [3.05, 3.63) is 71.6 Å². The van der Waals surface area contributed by atoms with E-state index in [1.54, 1.807) is 12.4 Å². The molecule has 1 unspecified atom stereocenters. The fourth-order valence-electron chi connectivity index (χ4n) is 2.29. The molecule has 0 bridgehead atoms. The normalized spacial score (nSPS) is 11.9. The number of hydrogen-bond acceptors (Lipinski definition) is 6. The first-order valence-corrected chi connectivity index (χ1v) is 8.52. The van der Waals surface area contributed by atoms with Crippen molar-refractivity contribution in [1.29, 1.82) is 0 Å². The van der Waals surface area contributed by atoms with Crippen LogP contribution in [0.3, 0.4) is 0 Å². The van der Waals surface area contributed by atoms with Crippen LogP contribution < -0.4 is 10.1 Å². The Hall–Kier alpha value is -2.70. The molecule has 0 aliphatic carbocycles. The average Bonchev–Trinajstić information content (AvgIpc) is 3.13. The van der Waals surface area contributed by atoms with Crippen molar-refractivity contribution in [2.45, 2.75) is 26.0 Å². The molecule has 2 heterocycles. The van der Waals surface area contributed by atoms with Crippen molar-refractivity contribution in [2.75, 3.05) is 7.05 Å². The average molecular weight is 387 g/mol. The summed E-state index contributed by atoms with van der Waals surface area (Å²) in [4.78, 5) is 8.43. The lowest BCUT2D eigenvalue weighted by atomic mass is 10.2. The molecule has 142 valence electrons. The van der Waals surface area contributed by atoms with Gasteiger partial charge in [-0.1, -0.05) is 23.4 Å². The zero-order valence-electron chi connectivity index (χ0n) is 15.3. The van der Waals surface area contributed by atoms with Crippen LogP contribution in [0.5, 0.6) is 5.75 Å². The summed E-state index contributed by atoms with van der Waals surface area (Å²) in [5.74, 6) is 2.01. The smallest absolute Gasteiger partial charge is 0.250 e. The maximum atomic E-state index is 5.75. The van der Waals surface area contributed by atoms with Gasteiger partial charge in [-0.2, -0.15) is 4.98 Å². The summed E-state index contributed by atoms with van der Waals surface area (Å²) in [6, 6.07) is 12.0. The van der Waals surface area contributed by atoms with Crippen LogP contribution in [0.25, 0.3) is 12.2 Å². The predicted octanol–water partition coefficient (Wildman–Crippen LogP) is 3.79. The summed E-state index contributed by atoms with van der Waals surface area (Å²) in [7, 11) is 1.91. The number of nitrogens with zero attached hydrogens (tertiary/aromatic N) is 3. The van der Waals surface area contributed by atoms with Crippen LogP contribution in [0, 0.1) is 0 Å². The van der Waals surface area contributed by atoms with E-state index in [-0.39, 0.29) is 12.4 Å². The number of nitrogens with one attached hydrogen (secondary N) is 1.